The average Bonchev–Trinajstić information content (AvgIpc) is 3.43. The summed E-state index contributed by atoms with van der Waals surface area (Å²) in [5, 5.41) is 72.4. The van der Waals surface area contributed by atoms with Crippen molar-refractivity contribution in [3.8, 4) is 0 Å². The Hall–Kier alpha value is -1.50. The van der Waals surface area contributed by atoms with Crippen molar-refractivity contribution in [2.75, 3.05) is 26.4 Å². The van der Waals surface area contributed by atoms with Gasteiger partial charge >= 0.3 is 11.9 Å². The van der Waals surface area contributed by atoms with Crippen LogP contribution in [0.15, 0.2) is 0 Å². The second-order valence-electron chi connectivity index (χ2n) is 23.0. The van der Waals surface area contributed by atoms with E-state index in [9.17, 15) is 45.3 Å². The van der Waals surface area contributed by atoms with Crippen LogP contribution >= 0.6 is 0 Å². The summed E-state index contributed by atoms with van der Waals surface area (Å²) in [6, 6.07) is 0. The summed E-state index contributed by atoms with van der Waals surface area (Å²) in [5.41, 5.74) is 0. The Balaban J connectivity index is 1.70. The number of carbonyl (C=O) groups is 2. The van der Waals surface area contributed by atoms with Crippen LogP contribution in [0, 0.1) is 0 Å². The van der Waals surface area contributed by atoms with Gasteiger partial charge in [0.25, 0.3) is 0 Å². The van der Waals surface area contributed by atoms with Crippen LogP contribution in [-0.2, 0) is 38.0 Å². The third-order valence-corrected chi connectivity index (χ3v) is 15.8. The van der Waals surface area contributed by atoms with Crippen molar-refractivity contribution in [2.24, 2.45) is 0 Å². The van der Waals surface area contributed by atoms with Gasteiger partial charge < -0.3 is 64.2 Å². The normalized spacial score (nSPS) is 24.1. The van der Waals surface area contributed by atoms with Gasteiger partial charge in [-0.3, -0.25) is 9.59 Å². The van der Waals surface area contributed by atoms with Crippen molar-refractivity contribution < 1.29 is 73.8 Å². The summed E-state index contributed by atoms with van der Waals surface area (Å²) in [6.45, 7) is 2.68. The fourth-order valence-electron chi connectivity index (χ4n) is 10.6. The minimum atomic E-state index is -1.76. The van der Waals surface area contributed by atoms with Gasteiger partial charge in [0.05, 0.1) is 19.8 Å². The molecule has 0 saturated carbocycles. The quantitative estimate of drug-likeness (QED) is 0.0222. The first-order valence-corrected chi connectivity index (χ1v) is 32.1. The Morgan fingerprint density at radius 2 is 0.662 bits per heavy atom. The molecular formula is C62H118O15. The Morgan fingerprint density at radius 3 is 1.01 bits per heavy atom. The van der Waals surface area contributed by atoms with Gasteiger partial charge in [0, 0.05) is 12.8 Å². The number of unbranched alkanes of at least 4 members (excludes halogenated alkanes) is 39. The lowest BCUT2D eigenvalue weighted by Gasteiger charge is -2.42. The van der Waals surface area contributed by atoms with Gasteiger partial charge in [0.15, 0.2) is 18.7 Å². The lowest BCUT2D eigenvalue weighted by atomic mass is 9.98. The summed E-state index contributed by atoms with van der Waals surface area (Å²) < 4.78 is 33.8. The predicted octanol–water partition coefficient (Wildman–Crippen LogP) is 11.9. The van der Waals surface area contributed by atoms with Crippen molar-refractivity contribution in [2.45, 2.75) is 357 Å². The summed E-state index contributed by atoms with van der Waals surface area (Å²) >= 11 is 0. The molecule has 0 bridgehead atoms. The van der Waals surface area contributed by atoms with E-state index >= 15 is 0 Å². The van der Waals surface area contributed by atoms with E-state index in [0.29, 0.717) is 12.8 Å². The zero-order valence-electron chi connectivity index (χ0n) is 49.0. The van der Waals surface area contributed by atoms with E-state index < -0.39 is 92.7 Å². The molecule has 2 rings (SSSR count). The van der Waals surface area contributed by atoms with Gasteiger partial charge in [-0.15, -0.1) is 0 Å². The summed E-state index contributed by atoms with van der Waals surface area (Å²) in [5.74, 6) is -0.900. The third kappa shape index (κ3) is 35.9. The molecule has 0 aromatic carbocycles. The molecule has 0 amide bonds. The molecule has 0 aliphatic carbocycles. The van der Waals surface area contributed by atoms with Crippen molar-refractivity contribution >= 4 is 11.9 Å². The Kier molecular flexibility index (Phi) is 45.7. The molecule has 15 nitrogen and oxygen atoms in total. The minimum absolute atomic E-state index is 0.174. The molecule has 11 unspecified atom stereocenters. The van der Waals surface area contributed by atoms with Crippen LogP contribution in [0.1, 0.15) is 290 Å². The Labute approximate surface area is 468 Å². The smallest absolute Gasteiger partial charge is 0.306 e. The van der Waals surface area contributed by atoms with E-state index in [1.165, 1.54) is 212 Å². The molecule has 11 atom stereocenters. The number of hydrogen-bond donors (Lipinski definition) is 7. The highest BCUT2D eigenvalue weighted by atomic mass is 16.7. The molecule has 2 aliphatic rings. The van der Waals surface area contributed by atoms with E-state index in [-0.39, 0.29) is 26.1 Å². The molecule has 0 aromatic heterocycles. The fourth-order valence-corrected chi connectivity index (χ4v) is 10.6. The van der Waals surface area contributed by atoms with Gasteiger partial charge in [0.2, 0.25) is 0 Å². The number of aliphatic hydroxyl groups excluding tert-OH is 7. The van der Waals surface area contributed by atoms with Gasteiger partial charge in [-0.2, -0.15) is 0 Å². The van der Waals surface area contributed by atoms with E-state index in [1.54, 1.807) is 0 Å². The second-order valence-corrected chi connectivity index (χ2v) is 23.0. The first kappa shape index (κ1) is 71.6. The zero-order valence-corrected chi connectivity index (χ0v) is 49.0. The van der Waals surface area contributed by atoms with Crippen LogP contribution in [0.3, 0.4) is 0 Å². The molecule has 456 valence electrons. The topological polar surface area (TPSA) is 231 Å². The van der Waals surface area contributed by atoms with Crippen molar-refractivity contribution in [3.05, 3.63) is 0 Å². The number of hydrogen-bond acceptors (Lipinski definition) is 15. The highest BCUT2D eigenvalue weighted by Gasteiger charge is 2.47. The van der Waals surface area contributed by atoms with Crippen molar-refractivity contribution in [1.82, 2.24) is 0 Å². The second kappa shape index (κ2) is 49.1. The van der Waals surface area contributed by atoms with E-state index in [0.717, 1.165) is 38.5 Å². The molecule has 2 fully saturated rings. The predicted molar refractivity (Wildman–Crippen MR) is 303 cm³/mol. The highest BCUT2D eigenvalue weighted by Crippen LogP contribution is 2.27. The van der Waals surface area contributed by atoms with Crippen molar-refractivity contribution in [3.63, 3.8) is 0 Å². The van der Waals surface area contributed by atoms with E-state index in [1.807, 2.05) is 0 Å². The van der Waals surface area contributed by atoms with Gasteiger partial charge in [-0.25, -0.2) is 0 Å². The van der Waals surface area contributed by atoms with Gasteiger partial charge in [0.1, 0.15) is 55.4 Å². The summed E-state index contributed by atoms with van der Waals surface area (Å²) in [6.07, 6.45) is 35.5. The van der Waals surface area contributed by atoms with Crippen LogP contribution in [0.4, 0.5) is 0 Å². The molecule has 77 heavy (non-hydrogen) atoms. The molecule has 2 aliphatic heterocycles. The molecule has 7 N–H and O–H groups in total. The van der Waals surface area contributed by atoms with E-state index in [2.05, 4.69) is 13.8 Å². The SMILES string of the molecule is CCCCCCCCCCCCCCCCCCCCCCCCC(=O)OC(COC(=O)CCCCCCCCCCCCCCCCCCCCC)COC1OC(COC2OC(CO)C(O)C(O)C2O)C(O)C(O)C1O. The van der Waals surface area contributed by atoms with Crippen LogP contribution in [0.5, 0.6) is 0 Å². The Morgan fingerprint density at radius 1 is 0.364 bits per heavy atom. The summed E-state index contributed by atoms with van der Waals surface area (Å²) in [4.78, 5) is 26.0. The van der Waals surface area contributed by atoms with Crippen LogP contribution in [-0.4, -0.2) is 142 Å². The molecule has 15 heteroatoms. The van der Waals surface area contributed by atoms with E-state index in [4.69, 9.17) is 28.4 Å². The molecule has 2 heterocycles. The number of ether oxygens (including phenoxy) is 6. The lowest BCUT2D eigenvalue weighted by molar-refractivity contribution is -0.332. The number of rotatable bonds is 53. The average molecular weight is 1100 g/mol. The Bertz CT molecular complexity index is 1340. The highest BCUT2D eigenvalue weighted by molar-refractivity contribution is 5.70. The summed E-state index contributed by atoms with van der Waals surface area (Å²) in [7, 11) is 0. The molecule has 0 aromatic rings. The monoisotopic (exact) mass is 1100 g/mol. The van der Waals surface area contributed by atoms with Gasteiger partial charge in [-0.05, 0) is 12.8 Å². The maximum Gasteiger partial charge on any atom is 0.306 e. The molecular weight excluding hydrogens is 985 g/mol. The first-order valence-electron chi connectivity index (χ1n) is 32.1. The minimum Gasteiger partial charge on any atom is -0.462 e. The zero-order chi connectivity index (χ0) is 56.0. The fraction of sp³-hybridized carbons (Fsp3) is 0.968. The van der Waals surface area contributed by atoms with Crippen LogP contribution in [0.2, 0.25) is 0 Å². The largest absolute Gasteiger partial charge is 0.462 e. The maximum absolute atomic E-state index is 13.1. The molecule has 2 saturated heterocycles. The van der Waals surface area contributed by atoms with Gasteiger partial charge in [-0.1, -0.05) is 264 Å². The first-order chi connectivity index (χ1) is 37.5. The molecule has 0 spiro atoms. The van der Waals surface area contributed by atoms with Crippen LogP contribution in [0.25, 0.3) is 0 Å². The maximum atomic E-state index is 13.1. The van der Waals surface area contributed by atoms with Crippen molar-refractivity contribution in [1.29, 1.82) is 0 Å². The van der Waals surface area contributed by atoms with Crippen LogP contribution < -0.4 is 0 Å². The standard InChI is InChI=1S/C62H118O15/c1-3-5-7-9-11-13-15-17-19-21-23-24-25-27-29-31-33-35-37-39-41-43-45-54(65)75-50(47-72-53(64)44-42-40-38-36-34-32-30-28-26-22-20-18-16-14-12-10-8-6-4-2)48-73-61-60(71)58(69)56(67)52(77-61)49-74-62-59(70)57(68)55(66)51(46-63)76-62/h50-52,55-63,66-71H,3-49H2,1-2H3. The third-order valence-electron chi connectivity index (χ3n) is 15.8. The molecule has 0 radical (unpaired) electrons. The lowest BCUT2D eigenvalue weighted by Crippen LogP contribution is -2.61. The number of aliphatic hydroxyl groups is 7. The number of carbonyl (C=O) groups excluding carboxylic acids is 2. The number of esters is 2.